The molecule has 1 amide bonds. The molecule has 0 atom stereocenters. The Balaban J connectivity index is 1.86. The number of benzene rings is 2. The van der Waals surface area contributed by atoms with Crippen LogP contribution in [0.25, 0.3) is 0 Å². The first-order valence-electron chi connectivity index (χ1n) is 8.39. The number of halogens is 3. The maximum absolute atomic E-state index is 13.2. The Hall–Kier alpha value is -3.42. The largest absolute Gasteiger partial charge is 0.418 e. The van der Waals surface area contributed by atoms with Crippen LogP contribution >= 0.6 is 0 Å². The third-order valence-corrected chi connectivity index (χ3v) is 3.88. The van der Waals surface area contributed by atoms with E-state index in [0.717, 1.165) is 11.6 Å². The number of alkyl halides is 3. The van der Waals surface area contributed by atoms with Crippen molar-refractivity contribution >= 4 is 23.1 Å². The molecule has 1 aromatic heterocycles. The molecular weight excluding hydrogens is 369 g/mol. The summed E-state index contributed by atoms with van der Waals surface area (Å²) in [6, 6.07) is 13.6. The van der Waals surface area contributed by atoms with Gasteiger partial charge >= 0.3 is 6.18 Å². The van der Waals surface area contributed by atoms with Crippen LogP contribution < -0.4 is 10.6 Å². The van der Waals surface area contributed by atoms with Gasteiger partial charge in [0.25, 0.3) is 5.91 Å². The molecule has 28 heavy (non-hydrogen) atoms. The van der Waals surface area contributed by atoms with Gasteiger partial charge in [-0.1, -0.05) is 29.8 Å². The van der Waals surface area contributed by atoms with E-state index in [2.05, 4.69) is 20.6 Å². The number of carbonyl (C=O) groups is 1. The number of nitrogens with zero attached hydrogens (tertiary/aromatic N) is 2. The second-order valence-corrected chi connectivity index (χ2v) is 6.17. The van der Waals surface area contributed by atoms with Crippen LogP contribution in [0.4, 0.5) is 30.4 Å². The number of anilines is 3. The van der Waals surface area contributed by atoms with E-state index >= 15 is 0 Å². The third-order valence-electron chi connectivity index (χ3n) is 3.88. The highest BCUT2D eigenvalue weighted by Crippen LogP contribution is 2.35. The molecule has 0 saturated carbocycles. The van der Waals surface area contributed by atoms with E-state index < -0.39 is 17.6 Å². The molecule has 0 unspecified atom stereocenters. The van der Waals surface area contributed by atoms with Gasteiger partial charge in [-0.2, -0.15) is 13.2 Å². The fourth-order valence-corrected chi connectivity index (χ4v) is 2.56. The van der Waals surface area contributed by atoms with E-state index in [1.54, 1.807) is 19.1 Å². The second kappa shape index (κ2) is 7.67. The maximum Gasteiger partial charge on any atom is 0.418 e. The summed E-state index contributed by atoms with van der Waals surface area (Å²) in [7, 11) is 0. The molecule has 3 rings (SSSR count). The highest BCUT2D eigenvalue weighted by Gasteiger charge is 2.33. The van der Waals surface area contributed by atoms with Crippen molar-refractivity contribution in [1.29, 1.82) is 0 Å². The lowest BCUT2D eigenvalue weighted by molar-refractivity contribution is -0.136. The van der Waals surface area contributed by atoms with Crippen molar-refractivity contribution in [1.82, 2.24) is 9.97 Å². The minimum Gasteiger partial charge on any atom is -0.340 e. The smallest absolute Gasteiger partial charge is 0.340 e. The Labute approximate surface area is 159 Å². The van der Waals surface area contributed by atoms with Crippen LogP contribution in [0.15, 0.2) is 54.6 Å². The SMILES string of the molecule is Cc1ccc(NC(=O)c2cc(Nc3ccccc3C(F)(F)F)nc(C)n2)cc1. The summed E-state index contributed by atoms with van der Waals surface area (Å²) in [5.41, 5.74) is 0.699. The molecule has 8 heteroatoms. The summed E-state index contributed by atoms with van der Waals surface area (Å²) in [5.74, 6) is -0.136. The van der Waals surface area contributed by atoms with Crippen molar-refractivity contribution in [2.45, 2.75) is 20.0 Å². The summed E-state index contributed by atoms with van der Waals surface area (Å²) < 4.78 is 39.5. The molecule has 0 bridgehead atoms. The summed E-state index contributed by atoms with van der Waals surface area (Å²) in [5, 5.41) is 5.34. The van der Waals surface area contributed by atoms with E-state index in [-0.39, 0.29) is 23.0 Å². The molecule has 2 aromatic carbocycles. The van der Waals surface area contributed by atoms with Gasteiger partial charge in [0.2, 0.25) is 0 Å². The van der Waals surface area contributed by atoms with Gasteiger partial charge in [0, 0.05) is 11.8 Å². The third kappa shape index (κ3) is 4.64. The van der Waals surface area contributed by atoms with E-state index in [9.17, 15) is 18.0 Å². The first-order valence-corrected chi connectivity index (χ1v) is 8.39. The molecule has 0 radical (unpaired) electrons. The molecule has 1 heterocycles. The number of hydrogen-bond donors (Lipinski definition) is 2. The molecule has 3 aromatic rings. The number of para-hydroxylation sites is 1. The van der Waals surface area contributed by atoms with Crippen molar-refractivity contribution < 1.29 is 18.0 Å². The van der Waals surface area contributed by atoms with Crippen molar-refractivity contribution in [3.8, 4) is 0 Å². The molecule has 0 aliphatic carbocycles. The fourth-order valence-electron chi connectivity index (χ4n) is 2.56. The molecule has 0 fully saturated rings. The van der Waals surface area contributed by atoms with Crippen molar-refractivity contribution in [2.75, 3.05) is 10.6 Å². The maximum atomic E-state index is 13.2. The van der Waals surface area contributed by atoms with Gasteiger partial charge in [-0.05, 0) is 38.1 Å². The standard InChI is InChI=1S/C20H17F3N4O/c1-12-7-9-14(10-8-12)26-19(28)17-11-18(25-13(2)24-17)27-16-6-4-3-5-15(16)20(21,22)23/h3-11H,1-2H3,(H,26,28)(H,24,25,27). The lowest BCUT2D eigenvalue weighted by Crippen LogP contribution is -2.16. The molecule has 0 aliphatic rings. The van der Waals surface area contributed by atoms with Crippen LogP contribution in [0.1, 0.15) is 27.4 Å². The number of aryl methyl sites for hydroxylation is 2. The van der Waals surface area contributed by atoms with Gasteiger partial charge in [0.15, 0.2) is 0 Å². The Morgan fingerprint density at radius 1 is 0.964 bits per heavy atom. The number of carbonyl (C=O) groups excluding carboxylic acids is 1. The van der Waals surface area contributed by atoms with E-state index in [4.69, 9.17) is 0 Å². The van der Waals surface area contributed by atoms with Crippen molar-refractivity contribution in [3.63, 3.8) is 0 Å². The van der Waals surface area contributed by atoms with Crippen molar-refractivity contribution in [2.24, 2.45) is 0 Å². The number of aromatic nitrogens is 2. The Morgan fingerprint density at radius 2 is 1.64 bits per heavy atom. The Kier molecular flexibility index (Phi) is 5.30. The number of hydrogen-bond acceptors (Lipinski definition) is 4. The summed E-state index contributed by atoms with van der Waals surface area (Å²) in [4.78, 5) is 20.6. The number of nitrogens with one attached hydrogen (secondary N) is 2. The highest BCUT2D eigenvalue weighted by atomic mass is 19.4. The van der Waals surface area contributed by atoms with Crippen LogP contribution in [-0.4, -0.2) is 15.9 Å². The van der Waals surface area contributed by atoms with E-state index in [1.807, 2.05) is 19.1 Å². The zero-order valence-corrected chi connectivity index (χ0v) is 15.1. The molecule has 0 spiro atoms. The molecule has 0 saturated heterocycles. The number of amides is 1. The Bertz CT molecular complexity index is 1000. The topological polar surface area (TPSA) is 66.9 Å². The summed E-state index contributed by atoms with van der Waals surface area (Å²) in [6.45, 7) is 3.49. The van der Waals surface area contributed by atoms with Crippen LogP contribution in [-0.2, 0) is 6.18 Å². The first kappa shape index (κ1) is 19.3. The normalized spacial score (nSPS) is 11.2. The Morgan fingerprint density at radius 3 is 2.32 bits per heavy atom. The lowest BCUT2D eigenvalue weighted by Gasteiger charge is -2.14. The van der Waals surface area contributed by atoms with Gasteiger partial charge in [0.1, 0.15) is 17.3 Å². The lowest BCUT2D eigenvalue weighted by atomic mass is 10.1. The van der Waals surface area contributed by atoms with Crippen LogP contribution in [0.5, 0.6) is 0 Å². The highest BCUT2D eigenvalue weighted by molar-refractivity contribution is 6.03. The molecular formula is C20H17F3N4O. The minimum atomic E-state index is -4.52. The van der Waals surface area contributed by atoms with Gasteiger partial charge in [-0.3, -0.25) is 4.79 Å². The quantitative estimate of drug-likeness (QED) is 0.654. The number of rotatable bonds is 4. The van der Waals surface area contributed by atoms with Crippen LogP contribution in [0, 0.1) is 13.8 Å². The predicted molar refractivity (Wildman–Crippen MR) is 101 cm³/mol. The average Bonchev–Trinajstić information content (AvgIpc) is 2.62. The van der Waals surface area contributed by atoms with Gasteiger partial charge in [-0.15, -0.1) is 0 Å². The van der Waals surface area contributed by atoms with Crippen molar-refractivity contribution in [3.05, 3.63) is 77.2 Å². The monoisotopic (exact) mass is 386 g/mol. The van der Waals surface area contributed by atoms with Crippen LogP contribution in [0.3, 0.4) is 0 Å². The second-order valence-electron chi connectivity index (χ2n) is 6.17. The zero-order chi connectivity index (χ0) is 20.3. The molecule has 5 nitrogen and oxygen atoms in total. The molecule has 144 valence electrons. The predicted octanol–water partition coefficient (Wildman–Crippen LogP) is 5.11. The average molecular weight is 386 g/mol. The van der Waals surface area contributed by atoms with Gasteiger partial charge < -0.3 is 10.6 Å². The first-order chi connectivity index (χ1) is 13.2. The summed E-state index contributed by atoms with van der Waals surface area (Å²) in [6.07, 6.45) is -4.52. The minimum absolute atomic E-state index is 0.0417. The molecule has 2 N–H and O–H groups in total. The zero-order valence-electron chi connectivity index (χ0n) is 15.1. The van der Waals surface area contributed by atoms with Gasteiger partial charge in [-0.25, -0.2) is 9.97 Å². The van der Waals surface area contributed by atoms with E-state index in [0.29, 0.717) is 5.69 Å². The fraction of sp³-hybridized carbons (Fsp3) is 0.150. The molecule has 0 aliphatic heterocycles. The van der Waals surface area contributed by atoms with Gasteiger partial charge in [0.05, 0.1) is 11.3 Å². The van der Waals surface area contributed by atoms with Crippen LogP contribution in [0.2, 0.25) is 0 Å². The van der Waals surface area contributed by atoms with E-state index in [1.165, 1.54) is 24.3 Å². The summed E-state index contributed by atoms with van der Waals surface area (Å²) >= 11 is 0.